The van der Waals surface area contributed by atoms with Gasteiger partial charge in [-0.05, 0) is 51.5 Å². The van der Waals surface area contributed by atoms with Crippen LogP contribution in [0.2, 0.25) is 0 Å². The Bertz CT molecular complexity index is 604. The van der Waals surface area contributed by atoms with E-state index in [-0.39, 0.29) is 6.61 Å². The maximum atomic E-state index is 9.42. The molecular formula is C17H23NO3. The van der Waals surface area contributed by atoms with E-state index in [1.165, 1.54) is 0 Å². The van der Waals surface area contributed by atoms with Gasteiger partial charge in [0.1, 0.15) is 5.75 Å². The third-order valence-electron chi connectivity index (χ3n) is 3.79. The minimum atomic E-state index is -0.638. The van der Waals surface area contributed by atoms with Gasteiger partial charge in [-0.25, -0.2) is 4.99 Å². The number of aliphatic imine (C=N–C) groups is 1. The Kier molecular flexibility index (Phi) is 3.85. The first-order valence-electron chi connectivity index (χ1n) is 6.99. The zero-order valence-electron chi connectivity index (χ0n) is 13.4. The molecule has 0 saturated heterocycles. The monoisotopic (exact) mass is 289 g/mol. The number of methoxy groups -OCH3 is 1. The van der Waals surface area contributed by atoms with E-state index in [9.17, 15) is 5.11 Å². The van der Waals surface area contributed by atoms with E-state index < -0.39 is 11.1 Å². The Morgan fingerprint density at radius 1 is 1.48 bits per heavy atom. The Morgan fingerprint density at radius 2 is 2.14 bits per heavy atom. The molecule has 1 aromatic carbocycles. The van der Waals surface area contributed by atoms with Gasteiger partial charge in [0.2, 0.25) is 5.90 Å². The molecule has 1 atom stereocenters. The van der Waals surface area contributed by atoms with Gasteiger partial charge in [0.15, 0.2) is 5.60 Å². The van der Waals surface area contributed by atoms with Crippen molar-refractivity contribution in [1.29, 1.82) is 0 Å². The normalized spacial score (nSPS) is 22.9. The van der Waals surface area contributed by atoms with Crippen LogP contribution in [-0.2, 0) is 10.3 Å². The van der Waals surface area contributed by atoms with Gasteiger partial charge in [0, 0.05) is 11.1 Å². The number of nitrogens with zero attached hydrogens (tertiary/aromatic N) is 1. The molecule has 1 heterocycles. The van der Waals surface area contributed by atoms with Crippen molar-refractivity contribution in [1.82, 2.24) is 0 Å². The molecule has 0 bridgehead atoms. The quantitative estimate of drug-likeness (QED) is 0.867. The molecule has 1 aliphatic heterocycles. The molecule has 1 N–H and O–H groups in total. The summed E-state index contributed by atoms with van der Waals surface area (Å²) in [7, 11) is 1.65. The first-order chi connectivity index (χ1) is 9.76. The van der Waals surface area contributed by atoms with Crippen LogP contribution in [0.3, 0.4) is 0 Å². The minimum Gasteiger partial charge on any atom is -0.496 e. The summed E-state index contributed by atoms with van der Waals surface area (Å²) in [6.45, 7) is 11.5. The number of aryl methyl sites for hydroxylation is 1. The highest BCUT2D eigenvalue weighted by Crippen LogP contribution is 2.41. The lowest BCUT2D eigenvalue weighted by atomic mass is 9.92. The molecule has 4 heteroatoms. The highest BCUT2D eigenvalue weighted by molar-refractivity contribution is 6.00. The van der Waals surface area contributed by atoms with Crippen LogP contribution in [0.1, 0.15) is 37.5 Å². The van der Waals surface area contributed by atoms with Gasteiger partial charge in [-0.15, -0.1) is 0 Å². The van der Waals surface area contributed by atoms with E-state index in [4.69, 9.17) is 9.47 Å². The second-order valence-corrected chi connectivity index (χ2v) is 6.17. The molecule has 114 valence electrons. The van der Waals surface area contributed by atoms with Crippen molar-refractivity contribution in [2.45, 2.75) is 38.8 Å². The maximum Gasteiger partial charge on any atom is 0.218 e. The first kappa shape index (κ1) is 15.6. The third kappa shape index (κ3) is 2.68. The van der Waals surface area contributed by atoms with Crippen molar-refractivity contribution in [3.05, 3.63) is 41.5 Å². The molecule has 2 rings (SSSR count). The molecule has 4 nitrogen and oxygen atoms in total. The fourth-order valence-electron chi connectivity index (χ4n) is 2.35. The molecular weight excluding hydrogens is 266 g/mol. The highest BCUT2D eigenvalue weighted by Gasteiger charge is 2.39. The summed E-state index contributed by atoms with van der Waals surface area (Å²) in [5.41, 5.74) is 1.69. The van der Waals surface area contributed by atoms with E-state index >= 15 is 0 Å². The lowest BCUT2D eigenvalue weighted by molar-refractivity contribution is 0.139. The van der Waals surface area contributed by atoms with Crippen LogP contribution in [0.4, 0.5) is 0 Å². The predicted molar refractivity (Wildman–Crippen MR) is 84.1 cm³/mol. The second kappa shape index (κ2) is 5.19. The molecule has 1 aliphatic rings. The molecule has 21 heavy (non-hydrogen) atoms. The van der Waals surface area contributed by atoms with Gasteiger partial charge >= 0.3 is 0 Å². The number of hydrogen-bond acceptors (Lipinski definition) is 4. The summed E-state index contributed by atoms with van der Waals surface area (Å²) in [5.74, 6) is 1.35. The van der Waals surface area contributed by atoms with Gasteiger partial charge in [0.05, 0.1) is 19.3 Å². The topological polar surface area (TPSA) is 51.0 Å². The van der Waals surface area contributed by atoms with Crippen molar-refractivity contribution < 1.29 is 14.6 Å². The molecule has 0 radical (unpaired) electrons. The molecule has 0 amide bonds. The Labute approximate surface area is 126 Å². The van der Waals surface area contributed by atoms with Crippen LogP contribution in [0.25, 0.3) is 0 Å². The highest BCUT2D eigenvalue weighted by atomic mass is 16.5. The fourth-order valence-corrected chi connectivity index (χ4v) is 2.35. The molecule has 0 saturated carbocycles. The number of hydrogen-bond donors (Lipinski definition) is 1. The van der Waals surface area contributed by atoms with E-state index in [2.05, 4.69) is 11.6 Å². The first-order valence-corrected chi connectivity index (χ1v) is 6.99. The van der Waals surface area contributed by atoms with Crippen LogP contribution in [-0.4, -0.2) is 30.3 Å². The summed E-state index contributed by atoms with van der Waals surface area (Å²) in [4.78, 5) is 4.56. The SMILES string of the molecule is C=CC1(C)OC(=NC(C)(C)CO)c2cc(C)c(OC)cc21. The van der Waals surface area contributed by atoms with Crippen LogP contribution in [0.5, 0.6) is 5.75 Å². The zero-order valence-corrected chi connectivity index (χ0v) is 13.4. The standard InChI is InChI=1S/C17H23NO3/c1-7-17(5)13-9-14(20-6)11(2)8-12(13)15(21-17)18-16(3,4)10-19/h7-9,19H,1,10H2,2-6H3. The van der Waals surface area contributed by atoms with Gasteiger partial charge < -0.3 is 14.6 Å². The zero-order chi connectivity index (χ0) is 15.8. The van der Waals surface area contributed by atoms with Gasteiger partial charge in [0.25, 0.3) is 0 Å². The Hall–Kier alpha value is -1.81. The number of benzene rings is 1. The number of fused-ring (bicyclic) bond motifs is 1. The largest absolute Gasteiger partial charge is 0.496 e. The summed E-state index contributed by atoms with van der Waals surface area (Å²) >= 11 is 0. The van der Waals surface area contributed by atoms with Crippen molar-refractivity contribution in [3.63, 3.8) is 0 Å². The van der Waals surface area contributed by atoms with Gasteiger partial charge in [-0.1, -0.05) is 6.58 Å². The van der Waals surface area contributed by atoms with Gasteiger partial charge in [-0.3, -0.25) is 0 Å². The average molecular weight is 289 g/mol. The molecule has 0 fully saturated rings. The average Bonchev–Trinajstić information content (AvgIpc) is 2.70. The van der Waals surface area contributed by atoms with E-state index in [0.717, 1.165) is 22.4 Å². The van der Waals surface area contributed by atoms with E-state index in [0.29, 0.717) is 5.90 Å². The van der Waals surface area contributed by atoms with E-state index in [1.54, 1.807) is 13.2 Å². The number of ether oxygens (including phenoxy) is 2. The summed E-state index contributed by atoms with van der Waals surface area (Å²) in [5, 5.41) is 9.42. The third-order valence-corrected chi connectivity index (χ3v) is 3.79. The summed E-state index contributed by atoms with van der Waals surface area (Å²) < 4.78 is 11.4. The molecule has 0 aliphatic carbocycles. The Balaban J connectivity index is 2.64. The molecule has 1 unspecified atom stereocenters. The van der Waals surface area contributed by atoms with Crippen molar-refractivity contribution in [2.75, 3.05) is 13.7 Å². The number of aliphatic hydroxyl groups excluding tert-OH is 1. The van der Waals surface area contributed by atoms with Crippen molar-refractivity contribution in [2.24, 2.45) is 4.99 Å². The van der Waals surface area contributed by atoms with Gasteiger partial charge in [-0.2, -0.15) is 0 Å². The summed E-state index contributed by atoms with van der Waals surface area (Å²) in [6, 6.07) is 3.98. The minimum absolute atomic E-state index is 0.0465. The summed E-state index contributed by atoms with van der Waals surface area (Å²) in [6.07, 6.45) is 1.76. The van der Waals surface area contributed by atoms with Crippen LogP contribution < -0.4 is 4.74 Å². The lowest BCUT2D eigenvalue weighted by Crippen LogP contribution is -2.25. The van der Waals surface area contributed by atoms with Crippen LogP contribution in [0.15, 0.2) is 29.8 Å². The number of aliphatic hydroxyl groups is 1. The Morgan fingerprint density at radius 3 is 2.67 bits per heavy atom. The second-order valence-electron chi connectivity index (χ2n) is 6.17. The van der Waals surface area contributed by atoms with Crippen molar-refractivity contribution in [3.8, 4) is 5.75 Å². The van der Waals surface area contributed by atoms with Crippen LogP contribution >= 0.6 is 0 Å². The van der Waals surface area contributed by atoms with Crippen LogP contribution in [0, 0.1) is 6.92 Å². The van der Waals surface area contributed by atoms with Crippen molar-refractivity contribution >= 4 is 5.90 Å². The molecule has 0 spiro atoms. The lowest BCUT2D eigenvalue weighted by Gasteiger charge is -2.21. The predicted octanol–water partition coefficient (Wildman–Crippen LogP) is 2.95. The smallest absolute Gasteiger partial charge is 0.218 e. The fraction of sp³-hybridized carbons (Fsp3) is 0.471. The molecule has 1 aromatic rings. The van der Waals surface area contributed by atoms with E-state index in [1.807, 2.05) is 39.8 Å². The molecule has 0 aromatic heterocycles. The number of rotatable bonds is 4. The maximum absolute atomic E-state index is 9.42.